The largest absolute Gasteiger partial charge is 0.461 e. The van der Waals surface area contributed by atoms with E-state index in [2.05, 4.69) is 4.98 Å². The number of rotatable bonds is 4. The van der Waals surface area contributed by atoms with E-state index >= 15 is 0 Å². The number of amides is 1. The van der Waals surface area contributed by atoms with Gasteiger partial charge in [0.05, 0.1) is 36.6 Å². The molecule has 1 unspecified atom stereocenters. The van der Waals surface area contributed by atoms with Crippen LogP contribution in [0.5, 0.6) is 0 Å². The Balaban J connectivity index is 1.59. The summed E-state index contributed by atoms with van der Waals surface area (Å²) >= 11 is 0. The molecular formula is C19H18N2O4. The number of fused-ring (bicyclic) bond motifs is 1. The highest BCUT2D eigenvalue weighted by Crippen LogP contribution is 2.22. The molecule has 1 aliphatic rings. The summed E-state index contributed by atoms with van der Waals surface area (Å²) in [5.41, 5.74) is 1.43. The molecule has 0 saturated carbocycles. The zero-order valence-corrected chi connectivity index (χ0v) is 13.6. The average Bonchev–Trinajstić information content (AvgIpc) is 3.32. The number of morpholine rings is 1. The normalized spacial score (nSPS) is 17.8. The Hall–Kier alpha value is -2.86. The van der Waals surface area contributed by atoms with E-state index < -0.39 is 0 Å². The van der Waals surface area contributed by atoms with Crippen molar-refractivity contribution in [3.63, 3.8) is 0 Å². The summed E-state index contributed by atoms with van der Waals surface area (Å²) in [6, 6.07) is 10.6. The van der Waals surface area contributed by atoms with Crippen molar-refractivity contribution in [2.45, 2.75) is 12.5 Å². The van der Waals surface area contributed by atoms with E-state index in [0.29, 0.717) is 31.1 Å². The van der Waals surface area contributed by atoms with E-state index in [1.54, 1.807) is 17.0 Å². The van der Waals surface area contributed by atoms with Gasteiger partial charge in [-0.1, -0.05) is 12.1 Å². The van der Waals surface area contributed by atoms with Gasteiger partial charge >= 0.3 is 0 Å². The number of Topliss-reactive ketones (excluding diaryl/α,β-unsaturated/α-hetero) is 1. The number of aromatic amines is 1. The van der Waals surface area contributed by atoms with Crippen LogP contribution in [-0.2, 0) is 4.74 Å². The Labute approximate surface area is 144 Å². The Morgan fingerprint density at radius 2 is 2.12 bits per heavy atom. The molecule has 1 saturated heterocycles. The molecule has 6 heteroatoms. The van der Waals surface area contributed by atoms with Crippen LogP contribution in [0.25, 0.3) is 10.9 Å². The number of benzene rings is 1. The summed E-state index contributed by atoms with van der Waals surface area (Å²) in [4.78, 5) is 30.3. The van der Waals surface area contributed by atoms with Gasteiger partial charge in [-0.15, -0.1) is 0 Å². The Bertz CT molecular complexity index is 897. The number of hydrogen-bond donors (Lipinski definition) is 1. The summed E-state index contributed by atoms with van der Waals surface area (Å²) in [7, 11) is 0. The minimum atomic E-state index is -0.302. The molecule has 1 fully saturated rings. The van der Waals surface area contributed by atoms with E-state index in [1.165, 1.54) is 6.26 Å². The fraction of sp³-hybridized carbons (Fsp3) is 0.263. The standard InChI is InChI=1S/C19H18N2O4/c22-16(17-5-2-9-25-17)11-14-12-24-10-8-21(14)19(23)15-4-1-3-13-6-7-20-18(13)15/h1-7,9,14,20H,8,10-12H2. The molecule has 1 amide bonds. The number of ketones is 1. The van der Waals surface area contributed by atoms with Crippen LogP contribution >= 0.6 is 0 Å². The molecule has 3 heterocycles. The first-order valence-corrected chi connectivity index (χ1v) is 8.25. The van der Waals surface area contributed by atoms with Crippen LogP contribution in [0.15, 0.2) is 53.3 Å². The number of H-pyrrole nitrogens is 1. The van der Waals surface area contributed by atoms with Gasteiger partial charge in [-0.3, -0.25) is 9.59 Å². The third-order valence-corrected chi connectivity index (χ3v) is 4.52. The lowest BCUT2D eigenvalue weighted by Crippen LogP contribution is -2.49. The highest BCUT2D eigenvalue weighted by Gasteiger charge is 2.31. The predicted octanol–water partition coefficient (Wildman–Crippen LogP) is 2.87. The van der Waals surface area contributed by atoms with Crippen LogP contribution in [0.2, 0.25) is 0 Å². The quantitative estimate of drug-likeness (QED) is 0.742. The Morgan fingerprint density at radius 3 is 2.96 bits per heavy atom. The maximum atomic E-state index is 13.1. The number of nitrogens with zero attached hydrogens (tertiary/aromatic N) is 1. The average molecular weight is 338 g/mol. The van der Waals surface area contributed by atoms with Crippen molar-refractivity contribution in [2.75, 3.05) is 19.8 Å². The third-order valence-electron chi connectivity index (χ3n) is 4.52. The molecule has 2 aromatic heterocycles. The maximum Gasteiger partial charge on any atom is 0.256 e. The van der Waals surface area contributed by atoms with Gasteiger partial charge in [0.2, 0.25) is 0 Å². The predicted molar refractivity (Wildman–Crippen MR) is 91.6 cm³/mol. The number of nitrogens with one attached hydrogen (secondary N) is 1. The lowest BCUT2D eigenvalue weighted by molar-refractivity contribution is -0.00293. The minimum Gasteiger partial charge on any atom is -0.461 e. The van der Waals surface area contributed by atoms with Crippen LogP contribution in [0.1, 0.15) is 27.3 Å². The molecule has 1 aliphatic heterocycles. The number of aromatic nitrogens is 1. The summed E-state index contributed by atoms with van der Waals surface area (Å²) in [6.07, 6.45) is 3.47. The van der Waals surface area contributed by atoms with E-state index in [4.69, 9.17) is 9.15 Å². The second-order valence-corrected chi connectivity index (χ2v) is 6.08. The fourth-order valence-electron chi connectivity index (χ4n) is 3.26. The molecule has 128 valence electrons. The lowest BCUT2D eigenvalue weighted by Gasteiger charge is -2.35. The number of ether oxygens (including phenoxy) is 1. The van der Waals surface area contributed by atoms with E-state index in [0.717, 1.165) is 10.9 Å². The number of hydrogen-bond acceptors (Lipinski definition) is 4. The van der Waals surface area contributed by atoms with Gasteiger partial charge in [-0.25, -0.2) is 0 Å². The summed E-state index contributed by atoms with van der Waals surface area (Å²) in [5.74, 6) is 0.0921. The van der Waals surface area contributed by atoms with Crippen molar-refractivity contribution in [2.24, 2.45) is 0 Å². The molecular weight excluding hydrogens is 320 g/mol. The van der Waals surface area contributed by atoms with Gasteiger partial charge in [0.25, 0.3) is 5.91 Å². The minimum absolute atomic E-state index is 0.0893. The van der Waals surface area contributed by atoms with Gasteiger partial charge in [0, 0.05) is 24.5 Å². The number of para-hydroxylation sites is 1. The third kappa shape index (κ3) is 2.96. The Morgan fingerprint density at radius 1 is 1.20 bits per heavy atom. The summed E-state index contributed by atoms with van der Waals surface area (Å²) in [6.45, 7) is 1.28. The molecule has 25 heavy (non-hydrogen) atoms. The van der Waals surface area contributed by atoms with Crippen LogP contribution in [-0.4, -0.2) is 47.4 Å². The molecule has 6 nitrogen and oxygen atoms in total. The zero-order chi connectivity index (χ0) is 17.2. The molecule has 0 spiro atoms. The molecule has 0 radical (unpaired) electrons. The van der Waals surface area contributed by atoms with Gasteiger partial charge in [-0.05, 0) is 24.3 Å². The lowest BCUT2D eigenvalue weighted by atomic mass is 10.0. The summed E-state index contributed by atoms with van der Waals surface area (Å²) in [5, 5.41) is 0.988. The Kier molecular flexibility index (Phi) is 4.11. The molecule has 1 N–H and O–H groups in total. The van der Waals surface area contributed by atoms with Gasteiger partial charge in [0.1, 0.15) is 0 Å². The van der Waals surface area contributed by atoms with Crippen LogP contribution < -0.4 is 0 Å². The van der Waals surface area contributed by atoms with Crippen LogP contribution in [0.3, 0.4) is 0 Å². The molecule has 1 aromatic carbocycles. The van der Waals surface area contributed by atoms with Crippen LogP contribution in [0.4, 0.5) is 0 Å². The molecule has 1 atom stereocenters. The zero-order valence-electron chi connectivity index (χ0n) is 13.6. The van der Waals surface area contributed by atoms with E-state index in [-0.39, 0.29) is 24.2 Å². The first-order chi connectivity index (χ1) is 12.2. The van der Waals surface area contributed by atoms with Crippen molar-refractivity contribution < 1.29 is 18.7 Å². The SMILES string of the molecule is O=C(CC1COCCN1C(=O)c1cccc2cc[nH]c12)c1ccco1. The second-order valence-electron chi connectivity index (χ2n) is 6.08. The number of carbonyl (C=O) groups excluding carboxylic acids is 2. The topological polar surface area (TPSA) is 75.5 Å². The highest BCUT2D eigenvalue weighted by molar-refractivity contribution is 6.06. The van der Waals surface area contributed by atoms with Crippen molar-refractivity contribution >= 4 is 22.6 Å². The monoisotopic (exact) mass is 338 g/mol. The molecule has 4 rings (SSSR count). The summed E-state index contributed by atoms with van der Waals surface area (Å²) < 4.78 is 10.7. The molecule has 0 bridgehead atoms. The molecule has 3 aromatic rings. The number of carbonyl (C=O) groups is 2. The first-order valence-electron chi connectivity index (χ1n) is 8.25. The van der Waals surface area contributed by atoms with E-state index in [1.807, 2.05) is 30.5 Å². The van der Waals surface area contributed by atoms with Gasteiger partial charge in [-0.2, -0.15) is 0 Å². The van der Waals surface area contributed by atoms with Crippen molar-refractivity contribution in [1.29, 1.82) is 0 Å². The molecule has 0 aliphatic carbocycles. The van der Waals surface area contributed by atoms with E-state index in [9.17, 15) is 9.59 Å². The fourth-order valence-corrected chi connectivity index (χ4v) is 3.26. The van der Waals surface area contributed by atoms with Crippen molar-refractivity contribution in [1.82, 2.24) is 9.88 Å². The maximum absolute atomic E-state index is 13.1. The first kappa shape index (κ1) is 15.7. The van der Waals surface area contributed by atoms with Gasteiger partial charge in [0.15, 0.2) is 11.5 Å². The highest BCUT2D eigenvalue weighted by atomic mass is 16.5. The van der Waals surface area contributed by atoms with Crippen LogP contribution in [0, 0.1) is 0 Å². The van der Waals surface area contributed by atoms with Crippen molar-refractivity contribution in [3.05, 3.63) is 60.2 Å². The number of furan rings is 1. The smallest absolute Gasteiger partial charge is 0.256 e. The second kappa shape index (κ2) is 6.57. The van der Waals surface area contributed by atoms with Gasteiger partial charge < -0.3 is 19.0 Å². The van der Waals surface area contributed by atoms with Crippen molar-refractivity contribution in [3.8, 4) is 0 Å².